The normalized spacial score (nSPS) is 10.3. The predicted molar refractivity (Wildman–Crippen MR) is 74.3 cm³/mol. The van der Waals surface area contributed by atoms with E-state index in [1.54, 1.807) is 18.2 Å². The van der Waals surface area contributed by atoms with Crippen molar-refractivity contribution in [3.63, 3.8) is 0 Å². The molecule has 0 aromatic heterocycles. The molecule has 2 rings (SSSR count). The molecule has 2 aromatic carbocycles. The molecule has 5 nitrogen and oxygen atoms in total. The first-order valence-corrected chi connectivity index (χ1v) is 5.92. The van der Waals surface area contributed by atoms with Crippen molar-refractivity contribution in [3.8, 4) is 11.8 Å². The summed E-state index contributed by atoms with van der Waals surface area (Å²) < 4.78 is 13.6. The van der Waals surface area contributed by atoms with Crippen LogP contribution in [-0.2, 0) is 0 Å². The molecule has 0 fully saturated rings. The summed E-state index contributed by atoms with van der Waals surface area (Å²) in [7, 11) is 0. The zero-order chi connectivity index (χ0) is 15.2. The average Bonchev–Trinajstić information content (AvgIpc) is 2.49. The maximum absolute atomic E-state index is 13.6. The number of phenolic OH excluding ortho intramolecular Hbond substituents is 1. The Morgan fingerprint density at radius 2 is 2.00 bits per heavy atom. The number of rotatable bonds is 3. The van der Waals surface area contributed by atoms with E-state index in [0.717, 1.165) is 6.07 Å². The monoisotopic (exact) mass is 283 g/mol. The summed E-state index contributed by atoms with van der Waals surface area (Å²) in [6, 6.07) is 11.5. The fraction of sp³-hybridized carbons (Fsp3) is 0. The molecule has 0 saturated carbocycles. The van der Waals surface area contributed by atoms with Crippen molar-refractivity contribution in [2.75, 3.05) is 0 Å². The van der Waals surface area contributed by atoms with Gasteiger partial charge in [0.25, 0.3) is 5.91 Å². The third-order valence-corrected chi connectivity index (χ3v) is 2.62. The first kappa shape index (κ1) is 14.2. The molecule has 0 aliphatic carbocycles. The summed E-state index contributed by atoms with van der Waals surface area (Å²) >= 11 is 0. The van der Waals surface area contributed by atoms with E-state index < -0.39 is 11.7 Å². The molecule has 0 heterocycles. The fourth-order valence-electron chi connectivity index (χ4n) is 1.55. The van der Waals surface area contributed by atoms with Crippen LogP contribution >= 0.6 is 0 Å². The highest BCUT2D eigenvalue weighted by molar-refractivity contribution is 5.95. The average molecular weight is 283 g/mol. The van der Waals surface area contributed by atoms with Gasteiger partial charge >= 0.3 is 0 Å². The minimum absolute atomic E-state index is 0.121. The van der Waals surface area contributed by atoms with E-state index in [-0.39, 0.29) is 16.9 Å². The van der Waals surface area contributed by atoms with Crippen LogP contribution in [0.1, 0.15) is 21.5 Å². The molecule has 0 bridgehead atoms. The molecular formula is C15H10FN3O2. The van der Waals surface area contributed by atoms with Gasteiger partial charge in [-0.15, -0.1) is 0 Å². The Bertz CT molecular complexity index is 734. The van der Waals surface area contributed by atoms with Gasteiger partial charge in [-0.1, -0.05) is 0 Å². The quantitative estimate of drug-likeness (QED) is 0.668. The van der Waals surface area contributed by atoms with Gasteiger partial charge in [-0.25, -0.2) is 9.82 Å². The van der Waals surface area contributed by atoms with E-state index in [4.69, 9.17) is 10.4 Å². The number of hydrazone groups is 1. The molecule has 2 aromatic rings. The lowest BCUT2D eigenvalue weighted by molar-refractivity contribution is 0.0951. The Morgan fingerprint density at radius 3 is 2.62 bits per heavy atom. The number of carbonyl (C=O) groups excluding carboxylic acids is 1. The molecule has 2 N–H and O–H groups in total. The van der Waals surface area contributed by atoms with Crippen molar-refractivity contribution < 1.29 is 14.3 Å². The lowest BCUT2D eigenvalue weighted by Gasteiger charge is -2.01. The molecule has 0 aliphatic heterocycles. The number of hydrogen-bond donors (Lipinski definition) is 2. The molecule has 0 aliphatic rings. The molecule has 104 valence electrons. The highest BCUT2D eigenvalue weighted by Gasteiger charge is 2.11. The molecular weight excluding hydrogens is 273 g/mol. The zero-order valence-electron chi connectivity index (χ0n) is 10.7. The molecule has 0 saturated heterocycles. The number of nitriles is 1. The van der Waals surface area contributed by atoms with E-state index in [2.05, 4.69) is 10.5 Å². The number of halogens is 1. The van der Waals surface area contributed by atoms with E-state index >= 15 is 0 Å². The van der Waals surface area contributed by atoms with Gasteiger partial charge in [0.05, 0.1) is 23.4 Å². The molecule has 1 amide bonds. The van der Waals surface area contributed by atoms with Crippen LogP contribution in [0.5, 0.6) is 5.75 Å². The second-order valence-electron chi connectivity index (χ2n) is 4.10. The van der Waals surface area contributed by atoms with E-state index in [1.807, 2.05) is 0 Å². The largest absolute Gasteiger partial charge is 0.508 e. The lowest BCUT2D eigenvalue weighted by atomic mass is 10.1. The van der Waals surface area contributed by atoms with Gasteiger partial charge in [-0.05, 0) is 48.0 Å². The van der Waals surface area contributed by atoms with Crippen LogP contribution in [-0.4, -0.2) is 17.2 Å². The van der Waals surface area contributed by atoms with Crippen LogP contribution in [0.15, 0.2) is 47.6 Å². The van der Waals surface area contributed by atoms with Crippen molar-refractivity contribution in [1.82, 2.24) is 5.43 Å². The van der Waals surface area contributed by atoms with Crippen LogP contribution in [0.2, 0.25) is 0 Å². The second kappa shape index (κ2) is 6.30. The van der Waals surface area contributed by atoms with Crippen LogP contribution in [0.3, 0.4) is 0 Å². The summed E-state index contributed by atoms with van der Waals surface area (Å²) in [5.41, 5.74) is 2.78. The van der Waals surface area contributed by atoms with Crippen LogP contribution in [0.25, 0.3) is 0 Å². The molecule has 0 atom stereocenters. The van der Waals surface area contributed by atoms with Crippen LogP contribution < -0.4 is 5.43 Å². The van der Waals surface area contributed by atoms with Crippen molar-refractivity contribution in [2.45, 2.75) is 0 Å². The number of benzene rings is 2. The SMILES string of the molecule is N#Cc1ccc(C(=O)NN=Cc2ccc(O)cc2)c(F)c1. The molecule has 0 spiro atoms. The van der Waals surface area contributed by atoms with Gasteiger partial charge in [0.1, 0.15) is 11.6 Å². The zero-order valence-corrected chi connectivity index (χ0v) is 10.7. The standard InChI is InChI=1S/C15H10FN3O2/c16-14-7-11(8-17)3-6-13(14)15(21)19-18-9-10-1-4-12(20)5-2-10/h1-7,9,20H,(H,19,21). The van der Waals surface area contributed by atoms with E-state index in [0.29, 0.717) is 5.56 Å². The molecule has 0 radical (unpaired) electrons. The first-order chi connectivity index (χ1) is 10.1. The van der Waals surface area contributed by atoms with Gasteiger partial charge in [0, 0.05) is 0 Å². The van der Waals surface area contributed by atoms with Gasteiger partial charge in [-0.2, -0.15) is 10.4 Å². The highest BCUT2D eigenvalue weighted by Crippen LogP contribution is 2.10. The van der Waals surface area contributed by atoms with Crippen molar-refractivity contribution in [2.24, 2.45) is 5.10 Å². The Balaban J connectivity index is 2.05. The Kier molecular flexibility index (Phi) is 4.26. The summed E-state index contributed by atoms with van der Waals surface area (Å²) in [6.45, 7) is 0. The number of nitrogens with one attached hydrogen (secondary N) is 1. The fourth-order valence-corrected chi connectivity index (χ4v) is 1.55. The van der Waals surface area contributed by atoms with Gasteiger partial charge in [0.15, 0.2) is 0 Å². The Morgan fingerprint density at radius 1 is 1.29 bits per heavy atom. The summed E-state index contributed by atoms with van der Waals surface area (Å²) in [6.07, 6.45) is 1.36. The van der Waals surface area contributed by atoms with E-state index in [1.165, 1.54) is 30.5 Å². The number of nitrogens with zero attached hydrogens (tertiary/aromatic N) is 2. The Hall–Kier alpha value is -3.20. The maximum Gasteiger partial charge on any atom is 0.274 e. The number of carbonyl (C=O) groups is 1. The van der Waals surface area contributed by atoms with Crippen molar-refractivity contribution in [3.05, 3.63) is 65.0 Å². The van der Waals surface area contributed by atoms with Crippen molar-refractivity contribution >= 4 is 12.1 Å². The molecule has 21 heavy (non-hydrogen) atoms. The van der Waals surface area contributed by atoms with Gasteiger partial charge in [-0.3, -0.25) is 4.79 Å². The molecule has 0 unspecified atom stereocenters. The first-order valence-electron chi connectivity index (χ1n) is 5.92. The number of phenols is 1. The minimum atomic E-state index is -0.786. The van der Waals surface area contributed by atoms with Gasteiger partial charge < -0.3 is 5.11 Å². The Labute approximate surface area is 120 Å². The maximum atomic E-state index is 13.6. The molecule has 6 heteroatoms. The summed E-state index contributed by atoms with van der Waals surface area (Å²) in [4.78, 5) is 11.7. The summed E-state index contributed by atoms with van der Waals surface area (Å²) in [5.74, 6) is -1.38. The van der Waals surface area contributed by atoms with Gasteiger partial charge in [0.2, 0.25) is 0 Å². The number of hydrogen-bond acceptors (Lipinski definition) is 4. The third-order valence-electron chi connectivity index (χ3n) is 2.62. The topological polar surface area (TPSA) is 85.5 Å². The minimum Gasteiger partial charge on any atom is -0.508 e. The second-order valence-corrected chi connectivity index (χ2v) is 4.10. The summed E-state index contributed by atoms with van der Waals surface area (Å²) in [5, 5.41) is 21.4. The smallest absolute Gasteiger partial charge is 0.274 e. The van der Waals surface area contributed by atoms with Crippen LogP contribution in [0, 0.1) is 17.1 Å². The third kappa shape index (κ3) is 3.64. The highest BCUT2D eigenvalue weighted by atomic mass is 19.1. The lowest BCUT2D eigenvalue weighted by Crippen LogP contribution is -2.19. The number of aromatic hydroxyl groups is 1. The number of amides is 1. The predicted octanol–water partition coefficient (Wildman–Crippen LogP) is 2.17. The van der Waals surface area contributed by atoms with Crippen LogP contribution in [0.4, 0.5) is 4.39 Å². The van der Waals surface area contributed by atoms with E-state index in [9.17, 15) is 9.18 Å². The van der Waals surface area contributed by atoms with Crippen molar-refractivity contribution in [1.29, 1.82) is 5.26 Å².